The maximum atomic E-state index is 11.9. The largest absolute Gasteiger partial charge is 0.324 e. The van der Waals surface area contributed by atoms with Crippen molar-refractivity contribution in [1.82, 2.24) is 4.98 Å². The predicted octanol–water partition coefficient (Wildman–Crippen LogP) is 1.79. The minimum atomic E-state index is -0.293. The van der Waals surface area contributed by atoms with Gasteiger partial charge in [0.2, 0.25) is 0 Å². The van der Waals surface area contributed by atoms with E-state index in [2.05, 4.69) is 11.1 Å². The first-order valence-electron chi connectivity index (χ1n) is 5.85. The van der Waals surface area contributed by atoms with Gasteiger partial charge in [0, 0.05) is 11.6 Å². The summed E-state index contributed by atoms with van der Waals surface area (Å²) in [5.74, 6) is 0.153. The number of hydrogen-bond acceptors (Lipinski definition) is 3. The van der Waals surface area contributed by atoms with Crippen LogP contribution in [-0.4, -0.2) is 17.3 Å². The molecule has 17 heavy (non-hydrogen) atoms. The van der Waals surface area contributed by atoms with Crippen molar-refractivity contribution in [3.63, 3.8) is 0 Å². The van der Waals surface area contributed by atoms with Crippen LogP contribution < -0.4 is 5.73 Å². The quantitative estimate of drug-likeness (QED) is 0.868. The molecule has 1 fully saturated rings. The van der Waals surface area contributed by atoms with Gasteiger partial charge in [-0.25, -0.2) is 0 Å². The Kier molecular flexibility index (Phi) is 2.23. The number of carbonyl (C=O) groups excluding carboxylic acids is 1. The van der Waals surface area contributed by atoms with Crippen molar-refractivity contribution in [2.45, 2.75) is 18.3 Å². The maximum Gasteiger partial charge on any atom is 0.156 e. The van der Waals surface area contributed by atoms with E-state index >= 15 is 0 Å². The lowest BCUT2D eigenvalue weighted by molar-refractivity contribution is -0.120. The van der Waals surface area contributed by atoms with Crippen LogP contribution in [0.4, 0.5) is 0 Å². The molecule has 3 nitrogen and oxygen atoms in total. The minimum Gasteiger partial charge on any atom is -0.324 e. The number of benzene rings is 1. The van der Waals surface area contributed by atoms with Gasteiger partial charge in [0.15, 0.2) is 5.78 Å². The van der Waals surface area contributed by atoms with E-state index in [1.54, 1.807) is 6.20 Å². The summed E-state index contributed by atoms with van der Waals surface area (Å²) < 4.78 is 0. The highest BCUT2D eigenvalue weighted by atomic mass is 16.1. The third kappa shape index (κ3) is 1.54. The summed E-state index contributed by atoms with van der Waals surface area (Å²) in [5.41, 5.74) is 7.25. The Bertz CT molecular complexity index is 588. The number of Topliss-reactive ketones (excluding diaryl/α,β-unsaturated/α-hetero) is 1. The summed E-state index contributed by atoms with van der Waals surface area (Å²) in [7, 11) is 0. The molecule has 0 amide bonds. The van der Waals surface area contributed by atoms with Gasteiger partial charge >= 0.3 is 0 Å². The van der Waals surface area contributed by atoms with Crippen molar-refractivity contribution in [3.05, 3.63) is 42.1 Å². The highest BCUT2D eigenvalue weighted by Gasteiger charge is 2.49. The Hall–Kier alpha value is -1.74. The molecule has 1 saturated carbocycles. The standard InChI is InChI=1S/C14H14N2O/c15-9-13(17)14(5-6-14)11-3-4-12-10(8-11)2-1-7-16-12/h1-4,7-8H,5-6,9,15H2. The summed E-state index contributed by atoms with van der Waals surface area (Å²) in [5, 5.41) is 1.08. The average Bonchev–Trinajstić information content (AvgIpc) is 3.19. The molecule has 86 valence electrons. The van der Waals surface area contributed by atoms with Crippen molar-refractivity contribution < 1.29 is 4.79 Å². The third-order valence-electron chi connectivity index (χ3n) is 3.62. The smallest absolute Gasteiger partial charge is 0.156 e. The normalized spacial score (nSPS) is 17.0. The van der Waals surface area contributed by atoms with Crippen molar-refractivity contribution in [2.24, 2.45) is 5.73 Å². The highest BCUT2D eigenvalue weighted by Crippen LogP contribution is 2.49. The summed E-state index contributed by atoms with van der Waals surface area (Å²) in [6, 6.07) is 10.00. The van der Waals surface area contributed by atoms with Gasteiger partial charge in [-0.1, -0.05) is 12.1 Å². The molecular weight excluding hydrogens is 212 g/mol. The fraction of sp³-hybridized carbons (Fsp3) is 0.286. The van der Waals surface area contributed by atoms with E-state index in [1.807, 2.05) is 24.3 Å². The monoisotopic (exact) mass is 226 g/mol. The lowest BCUT2D eigenvalue weighted by Crippen LogP contribution is -2.27. The molecule has 2 aromatic rings. The van der Waals surface area contributed by atoms with E-state index in [9.17, 15) is 4.79 Å². The van der Waals surface area contributed by atoms with Gasteiger partial charge in [-0.2, -0.15) is 0 Å². The van der Waals surface area contributed by atoms with Crippen LogP contribution in [0, 0.1) is 0 Å². The minimum absolute atomic E-state index is 0.130. The molecule has 3 rings (SSSR count). The van der Waals surface area contributed by atoms with Crippen LogP contribution >= 0.6 is 0 Å². The summed E-state index contributed by atoms with van der Waals surface area (Å²) in [4.78, 5) is 16.2. The zero-order chi connectivity index (χ0) is 11.9. The predicted molar refractivity (Wildman–Crippen MR) is 66.7 cm³/mol. The second-order valence-corrected chi connectivity index (χ2v) is 4.62. The van der Waals surface area contributed by atoms with Crippen LogP contribution in [-0.2, 0) is 10.2 Å². The number of carbonyl (C=O) groups is 1. The maximum absolute atomic E-state index is 11.9. The van der Waals surface area contributed by atoms with Crippen molar-refractivity contribution >= 4 is 16.7 Å². The lowest BCUT2D eigenvalue weighted by Gasteiger charge is -2.13. The van der Waals surface area contributed by atoms with Crippen LogP contribution in [0.3, 0.4) is 0 Å². The second-order valence-electron chi connectivity index (χ2n) is 4.62. The van der Waals surface area contributed by atoms with Gasteiger partial charge in [0.1, 0.15) is 0 Å². The number of rotatable bonds is 3. The average molecular weight is 226 g/mol. The first-order chi connectivity index (χ1) is 8.26. The van der Waals surface area contributed by atoms with E-state index in [0.717, 1.165) is 29.3 Å². The molecule has 1 aromatic heterocycles. The Morgan fingerprint density at radius 3 is 2.88 bits per heavy atom. The third-order valence-corrected chi connectivity index (χ3v) is 3.62. The molecule has 0 bridgehead atoms. The van der Waals surface area contributed by atoms with E-state index in [4.69, 9.17) is 5.73 Å². The van der Waals surface area contributed by atoms with Crippen LogP contribution in [0.25, 0.3) is 10.9 Å². The van der Waals surface area contributed by atoms with Gasteiger partial charge in [-0.3, -0.25) is 9.78 Å². The number of hydrogen-bond donors (Lipinski definition) is 1. The molecule has 1 heterocycles. The summed E-state index contributed by atoms with van der Waals surface area (Å²) in [6.45, 7) is 0.130. The molecule has 1 aromatic carbocycles. The van der Waals surface area contributed by atoms with E-state index in [1.165, 1.54) is 0 Å². The van der Waals surface area contributed by atoms with Crippen molar-refractivity contribution in [2.75, 3.05) is 6.54 Å². The van der Waals surface area contributed by atoms with Gasteiger partial charge in [-0.15, -0.1) is 0 Å². The molecule has 1 aliphatic rings. The number of pyridine rings is 1. The zero-order valence-corrected chi connectivity index (χ0v) is 9.52. The van der Waals surface area contributed by atoms with Crippen LogP contribution in [0.5, 0.6) is 0 Å². The number of ketones is 1. The first-order valence-corrected chi connectivity index (χ1v) is 5.85. The Morgan fingerprint density at radius 1 is 1.35 bits per heavy atom. The van der Waals surface area contributed by atoms with E-state index in [-0.39, 0.29) is 17.7 Å². The molecule has 0 aliphatic heterocycles. The molecule has 0 spiro atoms. The molecule has 1 aliphatic carbocycles. The molecular formula is C14H14N2O. The topological polar surface area (TPSA) is 56.0 Å². The first kappa shape index (κ1) is 10.4. The SMILES string of the molecule is NCC(=O)C1(c2ccc3ncccc3c2)CC1. The van der Waals surface area contributed by atoms with Crippen molar-refractivity contribution in [1.29, 1.82) is 0 Å². The number of nitrogens with zero attached hydrogens (tertiary/aromatic N) is 1. The Morgan fingerprint density at radius 2 is 2.18 bits per heavy atom. The van der Waals surface area contributed by atoms with Crippen LogP contribution in [0.2, 0.25) is 0 Å². The van der Waals surface area contributed by atoms with Gasteiger partial charge < -0.3 is 5.73 Å². The molecule has 0 unspecified atom stereocenters. The lowest BCUT2D eigenvalue weighted by atomic mass is 9.90. The van der Waals surface area contributed by atoms with Crippen LogP contribution in [0.15, 0.2) is 36.5 Å². The number of fused-ring (bicyclic) bond motifs is 1. The number of aromatic nitrogens is 1. The van der Waals surface area contributed by atoms with E-state index < -0.39 is 0 Å². The molecule has 0 saturated heterocycles. The van der Waals surface area contributed by atoms with Crippen molar-refractivity contribution in [3.8, 4) is 0 Å². The van der Waals surface area contributed by atoms with Gasteiger partial charge in [-0.05, 0) is 36.6 Å². The molecule has 2 N–H and O–H groups in total. The summed E-state index contributed by atoms with van der Waals surface area (Å²) >= 11 is 0. The molecule has 0 radical (unpaired) electrons. The van der Waals surface area contributed by atoms with E-state index in [0.29, 0.717) is 0 Å². The Balaban J connectivity index is 2.10. The zero-order valence-electron chi connectivity index (χ0n) is 9.52. The molecule has 3 heteroatoms. The van der Waals surface area contributed by atoms with Gasteiger partial charge in [0.05, 0.1) is 17.5 Å². The van der Waals surface area contributed by atoms with Crippen LogP contribution in [0.1, 0.15) is 18.4 Å². The molecule has 0 atom stereocenters. The second kappa shape index (κ2) is 3.64. The highest BCUT2D eigenvalue weighted by molar-refractivity contribution is 5.95. The fourth-order valence-electron chi connectivity index (χ4n) is 2.42. The fourth-order valence-corrected chi connectivity index (χ4v) is 2.42. The summed E-state index contributed by atoms with van der Waals surface area (Å²) in [6.07, 6.45) is 3.63. The van der Waals surface area contributed by atoms with Gasteiger partial charge in [0.25, 0.3) is 0 Å². The Labute approximate surface area is 99.7 Å². The number of nitrogens with two attached hydrogens (primary N) is 1.